The molecule has 1 aromatic heterocycles. The molecule has 20 heavy (non-hydrogen) atoms. The van der Waals surface area contributed by atoms with Crippen molar-refractivity contribution in [1.29, 1.82) is 0 Å². The Labute approximate surface area is 114 Å². The van der Waals surface area contributed by atoms with Crippen molar-refractivity contribution in [1.82, 2.24) is 10.6 Å². The average molecular weight is 284 g/mol. The van der Waals surface area contributed by atoms with Gasteiger partial charge in [0.05, 0.1) is 12.5 Å². The highest BCUT2D eigenvalue weighted by molar-refractivity contribution is 5.86. The van der Waals surface area contributed by atoms with Gasteiger partial charge in [-0.25, -0.2) is 9.59 Å². The summed E-state index contributed by atoms with van der Waals surface area (Å²) in [6.45, 7) is 3.41. The molecular formula is C12H16N2O6. The van der Waals surface area contributed by atoms with E-state index in [0.717, 1.165) is 0 Å². The number of aryl methyl sites for hydroxylation is 1. The van der Waals surface area contributed by atoms with Crippen molar-refractivity contribution in [3.05, 3.63) is 23.7 Å². The molecule has 1 aromatic rings. The standard InChI is InChI=1S/C12H16N2O6/c1-6-3-4-9(20-6)7(2)13-12(19)14-8(11(17)18)5-10(15)16/h3-4,7-8H,5H2,1-2H3,(H,15,16)(H,17,18)(H2,13,14,19). The van der Waals surface area contributed by atoms with Crippen molar-refractivity contribution in [2.24, 2.45) is 0 Å². The van der Waals surface area contributed by atoms with Crippen LogP contribution in [0.5, 0.6) is 0 Å². The van der Waals surface area contributed by atoms with Gasteiger partial charge in [0, 0.05) is 0 Å². The number of carbonyl (C=O) groups excluding carboxylic acids is 1. The molecule has 0 aliphatic rings. The molecule has 0 saturated carbocycles. The summed E-state index contributed by atoms with van der Waals surface area (Å²) in [7, 11) is 0. The molecule has 8 nitrogen and oxygen atoms in total. The molecule has 110 valence electrons. The monoisotopic (exact) mass is 284 g/mol. The Hall–Kier alpha value is -2.51. The third-order valence-electron chi connectivity index (χ3n) is 2.52. The van der Waals surface area contributed by atoms with Crippen LogP contribution in [-0.2, 0) is 9.59 Å². The fourth-order valence-corrected chi connectivity index (χ4v) is 1.53. The van der Waals surface area contributed by atoms with Crippen LogP contribution in [0.3, 0.4) is 0 Å². The zero-order valence-corrected chi connectivity index (χ0v) is 11.0. The van der Waals surface area contributed by atoms with Gasteiger partial charge in [0.1, 0.15) is 17.6 Å². The third kappa shape index (κ3) is 4.63. The minimum Gasteiger partial charge on any atom is -0.481 e. The van der Waals surface area contributed by atoms with Gasteiger partial charge in [-0.3, -0.25) is 4.79 Å². The maximum Gasteiger partial charge on any atom is 0.326 e. The summed E-state index contributed by atoms with van der Waals surface area (Å²) in [5.41, 5.74) is 0. The van der Waals surface area contributed by atoms with Gasteiger partial charge in [-0.05, 0) is 26.0 Å². The first-order valence-corrected chi connectivity index (χ1v) is 5.87. The first-order chi connectivity index (χ1) is 9.29. The van der Waals surface area contributed by atoms with Crippen molar-refractivity contribution in [3.63, 3.8) is 0 Å². The highest BCUT2D eigenvalue weighted by atomic mass is 16.4. The Morgan fingerprint density at radius 2 is 1.90 bits per heavy atom. The number of carboxylic acid groups (broad SMARTS) is 2. The van der Waals surface area contributed by atoms with Gasteiger partial charge in [0.25, 0.3) is 0 Å². The average Bonchev–Trinajstić information content (AvgIpc) is 2.74. The SMILES string of the molecule is Cc1ccc(C(C)NC(=O)NC(CC(=O)O)C(=O)O)o1. The Morgan fingerprint density at radius 1 is 1.25 bits per heavy atom. The van der Waals surface area contributed by atoms with Gasteiger partial charge >= 0.3 is 18.0 Å². The quantitative estimate of drug-likeness (QED) is 0.613. The van der Waals surface area contributed by atoms with Crippen LogP contribution in [-0.4, -0.2) is 34.2 Å². The molecule has 1 rings (SSSR count). The molecule has 0 aliphatic heterocycles. The minimum absolute atomic E-state index is 0.469. The van der Waals surface area contributed by atoms with Crippen LogP contribution in [0.25, 0.3) is 0 Å². The second kappa shape index (κ2) is 6.60. The lowest BCUT2D eigenvalue weighted by atomic mass is 10.2. The van der Waals surface area contributed by atoms with Gasteiger partial charge in [-0.2, -0.15) is 0 Å². The van der Waals surface area contributed by atoms with E-state index in [-0.39, 0.29) is 0 Å². The molecule has 0 aromatic carbocycles. The molecule has 0 fully saturated rings. The lowest BCUT2D eigenvalue weighted by Gasteiger charge is -2.16. The van der Waals surface area contributed by atoms with Crippen molar-refractivity contribution >= 4 is 18.0 Å². The Kier molecular flexibility index (Phi) is 5.13. The highest BCUT2D eigenvalue weighted by Gasteiger charge is 2.24. The number of urea groups is 1. The number of carboxylic acids is 2. The third-order valence-corrected chi connectivity index (χ3v) is 2.52. The van der Waals surface area contributed by atoms with Crippen LogP contribution in [0.2, 0.25) is 0 Å². The number of amides is 2. The normalized spacial score (nSPS) is 13.3. The number of aliphatic carboxylic acids is 2. The zero-order chi connectivity index (χ0) is 15.3. The smallest absolute Gasteiger partial charge is 0.326 e. The first-order valence-electron chi connectivity index (χ1n) is 5.87. The van der Waals surface area contributed by atoms with Gasteiger partial charge < -0.3 is 25.3 Å². The Bertz CT molecular complexity index is 510. The lowest BCUT2D eigenvalue weighted by molar-refractivity contribution is -0.145. The van der Waals surface area contributed by atoms with E-state index in [1.165, 1.54) is 0 Å². The van der Waals surface area contributed by atoms with Crippen LogP contribution < -0.4 is 10.6 Å². The fourth-order valence-electron chi connectivity index (χ4n) is 1.53. The second-order valence-electron chi connectivity index (χ2n) is 4.28. The van der Waals surface area contributed by atoms with E-state index in [2.05, 4.69) is 10.6 Å². The van der Waals surface area contributed by atoms with E-state index in [4.69, 9.17) is 14.6 Å². The maximum atomic E-state index is 11.6. The summed E-state index contributed by atoms with van der Waals surface area (Å²) in [4.78, 5) is 32.9. The van der Waals surface area contributed by atoms with Crippen molar-refractivity contribution in [2.45, 2.75) is 32.4 Å². The number of carbonyl (C=O) groups is 3. The summed E-state index contributed by atoms with van der Waals surface area (Å²) >= 11 is 0. The zero-order valence-electron chi connectivity index (χ0n) is 11.0. The molecule has 0 saturated heterocycles. The molecule has 0 spiro atoms. The van der Waals surface area contributed by atoms with E-state index in [9.17, 15) is 14.4 Å². The summed E-state index contributed by atoms with van der Waals surface area (Å²) in [5, 5.41) is 21.9. The van der Waals surface area contributed by atoms with Crippen molar-refractivity contribution in [3.8, 4) is 0 Å². The van der Waals surface area contributed by atoms with Crippen LogP contribution >= 0.6 is 0 Å². The topological polar surface area (TPSA) is 129 Å². The predicted octanol–water partition coefficient (Wildman–Crippen LogP) is 0.876. The first kappa shape index (κ1) is 15.5. The number of rotatable bonds is 6. The van der Waals surface area contributed by atoms with E-state index in [1.54, 1.807) is 26.0 Å². The van der Waals surface area contributed by atoms with Gasteiger partial charge in [0.15, 0.2) is 0 Å². The molecular weight excluding hydrogens is 268 g/mol. The summed E-state index contributed by atoms with van der Waals surface area (Å²) in [6, 6.07) is 0.684. The molecule has 1 heterocycles. The molecule has 0 aliphatic carbocycles. The van der Waals surface area contributed by atoms with E-state index >= 15 is 0 Å². The second-order valence-corrected chi connectivity index (χ2v) is 4.28. The molecule has 2 atom stereocenters. The van der Waals surface area contributed by atoms with Crippen LogP contribution in [0.1, 0.15) is 30.9 Å². The fraction of sp³-hybridized carbons (Fsp3) is 0.417. The Morgan fingerprint density at radius 3 is 2.35 bits per heavy atom. The maximum absolute atomic E-state index is 11.6. The van der Waals surface area contributed by atoms with E-state index in [0.29, 0.717) is 11.5 Å². The van der Waals surface area contributed by atoms with Gasteiger partial charge in [0.2, 0.25) is 0 Å². The predicted molar refractivity (Wildman–Crippen MR) is 67.2 cm³/mol. The molecule has 8 heteroatoms. The minimum atomic E-state index is -1.49. The van der Waals surface area contributed by atoms with Gasteiger partial charge in [-0.1, -0.05) is 0 Å². The highest BCUT2D eigenvalue weighted by Crippen LogP contribution is 2.15. The number of nitrogens with one attached hydrogen (secondary N) is 2. The number of furan rings is 1. The van der Waals surface area contributed by atoms with Crippen molar-refractivity contribution in [2.75, 3.05) is 0 Å². The summed E-state index contributed by atoms with van der Waals surface area (Å²) in [6.07, 6.45) is -0.697. The van der Waals surface area contributed by atoms with Gasteiger partial charge in [-0.15, -0.1) is 0 Å². The Balaban J connectivity index is 2.57. The molecule has 0 radical (unpaired) electrons. The molecule has 2 amide bonds. The number of hydrogen-bond donors (Lipinski definition) is 4. The van der Waals surface area contributed by atoms with Crippen LogP contribution in [0, 0.1) is 6.92 Å². The molecule has 0 bridgehead atoms. The number of hydrogen-bond acceptors (Lipinski definition) is 4. The molecule has 2 unspecified atom stereocenters. The largest absolute Gasteiger partial charge is 0.481 e. The van der Waals surface area contributed by atoms with E-state index < -0.39 is 36.5 Å². The van der Waals surface area contributed by atoms with Crippen LogP contribution in [0.15, 0.2) is 16.5 Å². The molecule has 4 N–H and O–H groups in total. The summed E-state index contributed by atoms with van der Waals surface area (Å²) < 4.78 is 5.31. The summed E-state index contributed by atoms with van der Waals surface area (Å²) in [5.74, 6) is -1.53. The van der Waals surface area contributed by atoms with Crippen molar-refractivity contribution < 1.29 is 29.0 Å². The lowest BCUT2D eigenvalue weighted by Crippen LogP contribution is -2.47. The van der Waals surface area contributed by atoms with Crippen LogP contribution in [0.4, 0.5) is 4.79 Å². The van der Waals surface area contributed by atoms with E-state index in [1.807, 2.05) is 0 Å².